The molecule has 0 saturated heterocycles. The van der Waals surface area contributed by atoms with Crippen LogP contribution in [0.1, 0.15) is 19.3 Å². The normalized spacial score (nSPS) is 11.5. The lowest BCUT2D eigenvalue weighted by atomic mass is 10.2. The summed E-state index contributed by atoms with van der Waals surface area (Å²) in [4.78, 5) is 2.40. The molecule has 6 nitrogen and oxygen atoms in total. The zero-order chi connectivity index (χ0) is 16.3. The average Bonchev–Trinajstić information content (AvgIpc) is 2.53. The van der Waals surface area contributed by atoms with E-state index in [9.17, 15) is 0 Å². The monoisotopic (exact) mass is 321 g/mol. The van der Waals surface area contributed by atoms with Crippen LogP contribution in [0.3, 0.4) is 0 Å². The fourth-order valence-corrected chi connectivity index (χ4v) is 1.97. The van der Waals surface area contributed by atoms with Crippen LogP contribution in [-0.4, -0.2) is 92.1 Å². The first-order valence-electron chi connectivity index (χ1n) is 8.19. The van der Waals surface area contributed by atoms with Crippen molar-refractivity contribution in [2.45, 2.75) is 19.3 Å². The van der Waals surface area contributed by atoms with Crippen molar-refractivity contribution in [2.75, 3.05) is 87.2 Å². The fraction of sp³-hybridized carbons (Fsp3) is 1.00. The second-order valence-electron chi connectivity index (χ2n) is 5.11. The number of hydrogen-bond donors (Lipinski definition) is 0. The summed E-state index contributed by atoms with van der Waals surface area (Å²) in [7, 11) is 5.13. The van der Waals surface area contributed by atoms with E-state index in [1.165, 1.54) is 12.8 Å². The zero-order valence-electron chi connectivity index (χ0n) is 14.7. The molecule has 0 aromatic rings. The molecule has 6 heteroatoms. The average molecular weight is 321 g/mol. The van der Waals surface area contributed by atoms with E-state index in [2.05, 4.69) is 4.90 Å². The predicted molar refractivity (Wildman–Crippen MR) is 87.6 cm³/mol. The van der Waals surface area contributed by atoms with E-state index in [0.29, 0.717) is 26.4 Å². The Kier molecular flexibility index (Phi) is 18.6. The largest absolute Gasteiger partial charge is 0.385 e. The third kappa shape index (κ3) is 16.1. The Balaban J connectivity index is 3.72. The smallest absolute Gasteiger partial charge is 0.0700 e. The first-order valence-corrected chi connectivity index (χ1v) is 8.19. The predicted octanol–water partition coefficient (Wildman–Crippen LogP) is 1.43. The Morgan fingerprint density at radius 2 is 1.05 bits per heavy atom. The minimum Gasteiger partial charge on any atom is -0.385 e. The molecule has 0 spiro atoms. The molecule has 0 N–H and O–H groups in total. The van der Waals surface area contributed by atoms with Crippen molar-refractivity contribution in [3.8, 4) is 0 Å². The van der Waals surface area contributed by atoms with Crippen LogP contribution >= 0.6 is 0 Å². The third-order valence-electron chi connectivity index (χ3n) is 3.29. The van der Waals surface area contributed by atoms with Crippen LogP contribution in [0.2, 0.25) is 0 Å². The number of rotatable bonds is 18. The summed E-state index contributed by atoms with van der Waals surface area (Å²) in [5.74, 6) is 0. The topological polar surface area (TPSA) is 49.4 Å². The van der Waals surface area contributed by atoms with E-state index in [1.807, 2.05) is 0 Å². The minimum atomic E-state index is 0.650. The molecule has 0 bridgehead atoms. The van der Waals surface area contributed by atoms with Crippen molar-refractivity contribution >= 4 is 0 Å². The van der Waals surface area contributed by atoms with E-state index in [-0.39, 0.29) is 0 Å². The SMILES string of the molecule is COCCCCCN(CCOCCOC)CCOCCOC. The molecular formula is C16H35NO5. The molecule has 0 fully saturated rings. The number of nitrogens with zero attached hydrogens (tertiary/aromatic N) is 1. The zero-order valence-corrected chi connectivity index (χ0v) is 14.7. The van der Waals surface area contributed by atoms with E-state index < -0.39 is 0 Å². The summed E-state index contributed by atoms with van der Waals surface area (Å²) < 4.78 is 26.1. The van der Waals surface area contributed by atoms with E-state index in [4.69, 9.17) is 23.7 Å². The summed E-state index contributed by atoms with van der Waals surface area (Å²) in [5, 5.41) is 0. The molecule has 134 valence electrons. The van der Waals surface area contributed by atoms with E-state index in [1.54, 1.807) is 21.3 Å². The lowest BCUT2D eigenvalue weighted by Gasteiger charge is -2.22. The van der Waals surface area contributed by atoms with Gasteiger partial charge in [0.25, 0.3) is 0 Å². The molecule has 0 heterocycles. The number of unbranched alkanes of at least 4 members (excludes halogenated alkanes) is 2. The maximum Gasteiger partial charge on any atom is 0.0700 e. The third-order valence-corrected chi connectivity index (χ3v) is 3.29. The molecule has 0 radical (unpaired) electrons. The Morgan fingerprint density at radius 1 is 0.500 bits per heavy atom. The van der Waals surface area contributed by atoms with Crippen molar-refractivity contribution in [3.63, 3.8) is 0 Å². The van der Waals surface area contributed by atoms with Gasteiger partial charge in [-0.1, -0.05) is 0 Å². The lowest BCUT2D eigenvalue weighted by molar-refractivity contribution is 0.0378. The number of methoxy groups -OCH3 is 3. The summed E-state index contributed by atoms with van der Waals surface area (Å²) in [6.07, 6.45) is 3.50. The van der Waals surface area contributed by atoms with Gasteiger partial charge in [0.1, 0.15) is 0 Å². The van der Waals surface area contributed by atoms with Crippen LogP contribution in [-0.2, 0) is 23.7 Å². The van der Waals surface area contributed by atoms with Crippen molar-refractivity contribution < 1.29 is 23.7 Å². The Hall–Kier alpha value is -0.240. The molecule has 0 atom stereocenters. The molecule has 0 aromatic heterocycles. The molecule has 0 saturated carbocycles. The van der Waals surface area contributed by atoms with E-state index >= 15 is 0 Å². The highest BCUT2D eigenvalue weighted by Gasteiger charge is 2.05. The van der Waals surface area contributed by atoms with Crippen molar-refractivity contribution in [2.24, 2.45) is 0 Å². The highest BCUT2D eigenvalue weighted by molar-refractivity contribution is 4.58. The highest BCUT2D eigenvalue weighted by Crippen LogP contribution is 2.00. The lowest BCUT2D eigenvalue weighted by Crippen LogP contribution is -2.32. The summed E-state index contributed by atoms with van der Waals surface area (Å²) in [5.41, 5.74) is 0. The first kappa shape index (κ1) is 21.8. The van der Waals surface area contributed by atoms with Crippen LogP contribution in [0, 0.1) is 0 Å². The summed E-state index contributed by atoms with van der Waals surface area (Å²) in [6, 6.07) is 0. The van der Waals surface area contributed by atoms with Gasteiger partial charge in [0, 0.05) is 41.0 Å². The standard InChI is InChI=1S/C16H35NO5/c1-18-10-6-4-5-7-17(8-11-21-15-13-19-2)9-12-22-16-14-20-3/h4-16H2,1-3H3. The maximum atomic E-state index is 5.55. The summed E-state index contributed by atoms with van der Waals surface area (Å²) in [6.45, 7) is 7.87. The van der Waals surface area contributed by atoms with Gasteiger partial charge in [0.05, 0.1) is 39.6 Å². The van der Waals surface area contributed by atoms with Crippen LogP contribution in [0.4, 0.5) is 0 Å². The Labute approximate surface area is 136 Å². The van der Waals surface area contributed by atoms with Crippen LogP contribution in [0.15, 0.2) is 0 Å². The first-order chi connectivity index (χ1) is 10.8. The molecule has 0 aliphatic rings. The van der Waals surface area contributed by atoms with Gasteiger partial charge in [-0.05, 0) is 25.8 Å². The second kappa shape index (κ2) is 18.8. The number of hydrogen-bond acceptors (Lipinski definition) is 6. The molecule has 0 amide bonds. The van der Waals surface area contributed by atoms with Gasteiger partial charge in [-0.3, -0.25) is 4.90 Å². The van der Waals surface area contributed by atoms with Crippen molar-refractivity contribution in [3.05, 3.63) is 0 Å². The summed E-state index contributed by atoms with van der Waals surface area (Å²) >= 11 is 0. The van der Waals surface area contributed by atoms with Crippen molar-refractivity contribution in [1.82, 2.24) is 4.90 Å². The van der Waals surface area contributed by atoms with Gasteiger partial charge >= 0.3 is 0 Å². The second-order valence-corrected chi connectivity index (χ2v) is 5.11. The molecule has 0 aromatic carbocycles. The van der Waals surface area contributed by atoms with Crippen LogP contribution in [0.25, 0.3) is 0 Å². The molecular weight excluding hydrogens is 286 g/mol. The minimum absolute atomic E-state index is 0.650. The Morgan fingerprint density at radius 3 is 1.55 bits per heavy atom. The molecule has 0 unspecified atom stereocenters. The van der Waals surface area contributed by atoms with Gasteiger partial charge in [-0.2, -0.15) is 0 Å². The Bertz CT molecular complexity index is 174. The van der Waals surface area contributed by atoms with Crippen LogP contribution < -0.4 is 0 Å². The quantitative estimate of drug-likeness (QED) is 0.356. The van der Waals surface area contributed by atoms with Crippen molar-refractivity contribution in [1.29, 1.82) is 0 Å². The van der Waals surface area contributed by atoms with Gasteiger partial charge in [0.15, 0.2) is 0 Å². The fourth-order valence-electron chi connectivity index (χ4n) is 1.97. The molecule has 0 rings (SSSR count). The number of ether oxygens (including phenoxy) is 5. The van der Waals surface area contributed by atoms with Gasteiger partial charge in [-0.15, -0.1) is 0 Å². The van der Waals surface area contributed by atoms with Gasteiger partial charge < -0.3 is 23.7 Å². The van der Waals surface area contributed by atoms with Crippen LogP contribution in [0.5, 0.6) is 0 Å². The highest BCUT2D eigenvalue weighted by atomic mass is 16.5. The molecule has 22 heavy (non-hydrogen) atoms. The molecule has 0 aliphatic heterocycles. The van der Waals surface area contributed by atoms with Gasteiger partial charge in [0.2, 0.25) is 0 Å². The maximum absolute atomic E-state index is 5.55. The van der Waals surface area contributed by atoms with E-state index in [0.717, 1.165) is 45.9 Å². The van der Waals surface area contributed by atoms with Gasteiger partial charge in [-0.25, -0.2) is 0 Å². The molecule has 0 aliphatic carbocycles.